The number of benzene rings is 1. The average molecular weight is 497 g/mol. The van der Waals surface area contributed by atoms with Gasteiger partial charge in [-0.2, -0.15) is 0 Å². The van der Waals surface area contributed by atoms with E-state index in [1.54, 1.807) is 4.57 Å². The van der Waals surface area contributed by atoms with Crippen LogP contribution in [0.25, 0.3) is 0 Å². The highest BCUT2D eigenvalue weighted by atomic mass is 35.5. The quantitative estimate of drug-likeness (QED) is 0.420. The van der Waals surface area contributed by atoms with Crippen LogP contribution in [0.2, 0.25) is 5.02 Å². The van der Waals surface area contributed by atoms with E-state index in [1.807, 2.05) is 0 Å². The summed E-state index contributed by atoms with van der Waals surface area (Å²) in [7, 11) is 0. The molecular formula is C22H20ClF3N4O4. The van der Waals surface area contributed by atoms with Crippen molar-refractivity contribution in [3.63, 3.8) is 0 Å². The molecule has 180 valence electrons. The Kier molecular flexibility index (Phi) is 5.71. The van der Waals surface area contributed by atoms with Crippen LogP contribution in [0, 0.1) is 12.7 Å². The van der Waals surface area contributed by atoms with Crippen LogP contribution in [-0.2, 0) is 22.6 Å². The molecule has 1 aliphatic carbocycles. The Morgan fingerprint density at radius 2 is 1.85 bits per heavy atom. The number of nitrogens with two attached hydrogens (primary N) is 1. The topological polar surface area (TPSA) is 123 Å². The molecule has 3 amide bonds. The number of Topliss-reactive ketones (excluding diaryl/α,β-unsaturated/α-hetero) is 1. The van der Waals surface area contributed by atoms with E-state index in [2.05, 4.69) is 10.6 Å². The van der Waals surface area contributed by atoms with Crippen molar-refractivity contribution in [2.75, 3.05) is 5.32 Å². The molecule has 1 saturated carbocycles. The molecule has 0 bridgehead atoms. The number of aromatic nitrogens is 1. The molecule has 2 aromatic rings. The van der Waals surface area contributed by atoms with Gasteiger partial charge in [0.25, 0.3) is 23.5 Å². The van der Waals surface area contributed by atoms with E-state index in [1.165, 1.54) is 19.1 Å². The molecule has 0 unspecified atom stereocenters. The first-order valence-electron chi connectivity index (χ1n) is 10.4. The largest absolute Gasteiger partial charge is 0.368 e. The Morgan fingerprint density at radius 3 is 2.44 bits per heavy atom. The summed E-state index contributed by atoms with van der Waals surface area (Å²) in [5.41, 5.74) is 4.20. The monoisotopic (exact) mass is 496 g/mol. The number of hydrogen-bond acceptors (Lipinski definition) is 4. The third-order valence-electron chi connectivity index (χ3n) is 6.18. The van der Waals surface area contributed by atoms with Gasteiger partial charge in [0.05, 0.1) is 10.6 Å². The zero-order valence-electron chi connectivity index (χ0n) is 17.9. The van der Waals surface area contributed by atoms with Crippen molar-refractivity contribution >= 4 is 40.8 Å². The summed E-state index contributed by atoms with van der Waals surface area (Å²) in [5, 5.41) is 4.49. The molecule has 4 rings (SSSR count). The molecule has 1 aromatic carbocycles. The van der Waals surface area contributed by atoms with Gasteiger partial charge in [0.2, 0.25) is 5.91 Å². The second-order valence-electron chi connectivity index (χ2n) is 8.57. The highest BCUT2D eigenvalue weighted by Crippen LogP contribution is 2.45. The summed E-state index contributed by atoms with van der Waals surface area (Å²) in [6.45, 7) is 1.90. The van der Waals surface area contributed by atoms with Gasteiger partial charge in [-0.15, -0.1) is 0 Å². The van der Waals surface area contributed by atoms with Crippen molar-refractivity contribution in [2.45, 2.75) is 50.6 Å². The summed E-state index contributed by atoms with van der Waals surface area (Å²) in [6, 6.07) is 3.64. The number of carbonyl (C=O) groups excluding carboxylic acids is 4. The SMILES string of the molecule is Cc1c(C(=O)C(=O)NC2(C(N)=O)CC(F)(F)C2)c2n(c1C(=O)Nc1ccc(F)c(Cl)c1)CCC2. The van der Waals surface area contributed by atoms with Gasteiger partial charge in [-0.3, -0.25) is 19.2 Å². The van der Waals surface area contributed by atoms with Crippen LogP contribution in [0.4, 0.5) is 18.9 Å². The normalized spacial score (nSPS) is 17.4. The fourth-order valence-electron chi connectivity index (χ4n) is 4.62. The number of halogens is 4. The highest BCUT2D eigenvalue weighted by molar-refractivity contribution is 6.44. The average Bonchev–Trinajstić information content (AvgIpc) is 3.27. The lowest BCUT2D eigenvalue weighted by Gasteiger charge is -2.44. The van der Waals surface area contributed by atoms with Crippen LogP contribution >= 0.6 is 11.6 Å². The minimum Gasteiger partial charge on any atom is -0.368 e. The summed E-state index contributed by atoms with van der Waals surface area (Å²) >= 11 is 5.76. The lowest BCUT2D eigenvalue weighted by Crippen LogP contribution is -2.69. The van der Waals surface area contributed by atoms with Gasteiger partial charge in [0.15, 0.2) is 0 Å². The minimum atomic E-state index is -3.17. The van der Waals surface area contributed by atoms with E-state index >= 15 is 0 Å². The molecular weight excluding hydrogens is 477 g/mol. The lowest BCUT2D eigenvalue weighted by atomic mass is 9.72. The molecule has 0 saturated heterocycles. The molecule has 1 aliphatic heterocycles. The van der Waals surface area contributed by atoms with Crippen molar-refractivity contribution in [3.8, 4) is 0 Å². The molecule has 4 N–H and O–H groups in total. The van der Waals surface area contributed by atoms with E-state index in [9.17, 15) is 32.3 Å². The summed E-state index contributed by atoms with van der Waals surface area (Å²) in [6.07, 6.45) is -0.967. The lowest BCUT2D eigenvalue weighted by molar-refractivity contribution is -0.162. The number of anilines is 1. The zero-order valence-corrected chi connectivity index (χ0v) is 18.7. The minimum absolute atomic E-state index is 0.0250. The van der Waals surface area contributed by atoms with Gasteiger partial charge in [-0.25, -0.2) is 13.2 Å². The van der Waals surface area contributed by atoms with Crippen LogP contribution in [0.3, 0.4) is 0 Å². The maximum absolute atomic E-state index is 13.4. The van der Waals surface area contributed by atoms with E-state index in [-0.39, 0.29) is 27.5 Å². The second-order valence-corrected chi connectivity index (χ2v) is 8.98. The predicted molar refractivity (Wildman–Crippen MR) is 115 cm³/mol. The van der Waals surface area contributed by atoms with Crippen LogP contribution in [0.15, 0.2) is 18.2 Å². The third-order valence-corrected chi connectivity index (χ3v) is 6.47. The first kappa shape index (κ1) is 23.8. The van der Waals surface area contributed by atoms with E-state index < -0.39 is 53.6 Å². The number of amides is 3. The van der Waals surface area contributed by atoms with Crippen molar-refractivity contribution in [1.82, 2.24) is 9.88 Å². The van der Waals surface area contributed by atoms with Crippen LogP contribution < -0.4 is 16.4 Å². The zero-order chi connectivity index (χ0) is 25.0. The number of fused-ring (bicyclic) bond motifs is 1. The maximum Gasteiger partial charge on any atom is 0.293 e. The molecule has 1 aromatic heterocycles. The molecule has 2 heterocycles. The first-order valence-corrected chi connectivity index (χ1v) is 10.8. The standard InChI is InChI=1S/C22H20ClF3N4O4/c1-10-15(17(31)19(33)29-21(20(27)34)8-22(25,26)9-21)14-3-2-6-30(14)16(10)18(32)28-11-4-5-13(24)12(23)7-11/h4-5,7H,2-3,6,8-9H2,1H3,(H2,27,34)(H,28,32)(H,29,33). The summed E-state index contributed by atoms with van der Waals surface area (Å²) in [4.78, 5) is 50.5. The Morgan fingerprint density at radius 1 is 1.18 bits per heavy atom. The van der Waals surface area contributed by atoms with Crippen molar-refractivity contribution in [2.24, 2.45) is 5.73 Å². The molecule has 1 fully saturated rings. The number of nitrogens with one attached hydrogen (secondary N) is 2. The van der Waals surface area contributed by atoms with Gasteiger partial charge in [0, 0.05) is 30.8 Å². The van der Waals surface area contributed by atoms with E-state index in [0.29, 0.717) is 25.1 Å². The van der Waals surface area contributed by atoms with Crippen molar-refractivity contribution in [1.29, 1.82) is 0 Å². The van der Waals surface area contributed by atoms with Gasteiger partial charge >= 0.3 is 0 Å². The smallest absolute Gasteiger partial charge is 0.293 e. The number of nitrogens with zero attached hydrogens (tertiary/aromatic N) is 1. The van der Waals surface area contributed by atoms with Crippen molar-refractivity contribution < 1.29 is 32.3 Å². The van der Waals surface area contributed by atoms with Crippen LogP contribution in [0.1, 0.15) is 51.4 Å². The second kappa shape index (κ2) is 8.15. The van der Waals surface area contributed by atoms with Gasteiger partial charge in [-0.05, 0) is 43.5 Å². The fraction of sp³-hybridized carbons (Fsp3) is 0.364. The van der Waals surface area contributed by atoms with Crippen LogP contribution in [0.5, 0.6) is 0 Å². The summed E-state index contributed by atoms with van der Waals surface area (Å²) in [5.74, 6) is -7.90. The maximum atomic E-state index is 13.4. The number of ketones is 1. The van der Waals surface area contributed by atoms with Gasteiger partial charge in [0.1, 0.15) is 17.1 Å². The van der Waals surface area contributed by atoms with Crippen molar-refractivity contribution in [3.05, 3.63) is 51.6 Å². The molecule has 0 radical (unpaired) electrons. The molecule has 34 heavy (non-hydrogen) atoms. The fourth-order valence-corrected chi connectivity index (χ4v) is 4.80. The Bertz CT molecular complexity index is 1250. The van der Waals surface area contributed by atoms with E-state index in [4.69, 9.17) is 17.3 Å². The Hall–Kier alpha value is -3.34. The first-order chi connectivity index (χ1) is 15.8. The van der Waals surface area contributed by atoms with Crippen LogP contribution in [-0.4, -0.2) is 39.5 Å². The molecule has 2 aliphatic rings. The molecule has 0 atom stereocenters. The molecule has 0 spiro atoms. The molecule has 12 heteroatoms. The highest BCUT2D eigenvalue weighted by Gasteiger charge is 2.61. The number of rotatable bonds is 6. The molecule has 8 nitrogen and oxygen atoms in total. The number of carbonyl (C=O) groups is 4. The Balaban J connectivity index is 1.62. The third kappa shape index (κ3) is 3.93. The number of hydrogen-bond donors (Lipinski definition) is 3. The van der Waals surface area contributed by atoms with Gasteiger partial charge in [-0.1, -0.05) is 11.6 Å². The van der Waals surface area contributed by atoms with Gasteiger partial charge < -0.3 is 20.9 Å². The number of alkyl halides is 2. The number of primary amides is 1. The predicted octanol–water partition coefficient (Wildman–Crippen LogP) is 2.74. The summed E-state index contributed by atoms with van der Waals surface area (Å²) < 4.78 is 41.8. The Labute approximate surface area is 196 Å². The van der Waals surface area contributed by atoms with E-state index in [0.717, 1.165) is 6.07 Å².